The summed E-state index contributed by atoms with van der Waals surface area (Å²) in [7, 11) is -3.35. The number of hydrogen-bond acceptors (Lipinski definition) is 4. The topological polar surface area (TPSA) is 60.2 Å². The molecule has 0 aliphatic carbocycles. The molecule has 2 aromatic rings. The minimum Gasteiger partial charge on any atom is -0.399 e. The van der Waals surface area contributed by atoms with Crippen LogP contribution in [0.4, 0.5) is 5.69 Å². The number of anilines is 1. The average molecular weight is 384 g/mol. The van der Waals surface area contributed by atoms with Gasteiger partial charge < -0.3 is 5.73 Å². The molecule has 21 heavy (non-hydrogen) atoms. The lowest BCUT2D eigenvalue weighted by atomic mass is 10.0. The van der Waals surface area contributed by atoms with Crippen molar-refractivity contribution >= 4 is 43.2 Å². The van der Waals surface area contributed by atoms with Gasteiger partial charge in [-0.25, -0.2) is 8.42 Å². The maximum atomic E-state index is 12.7. The Bertz CT molecular complexity index is 790. The van der Waals surface area contributed by atoms with Crippen LogP contribution in [0.25, 0.3) is 0 Å². The quantitative estimate of drug-likeness (QED) is 0.820. The van der Waals surface area contributed by atoms with Crippen LogP contribution in [0.1, 0.15) is 11.5 Å². The largest absolute Gasteiger partial charge is 0.399 e. The number of fused-ring (bicyclic) bond motifs is 1. The van der Waals surface area contributed by atoms with Crippen LogP contribution in [0.3, 0.4) is 0 Å². The van der Waals surface area contributed by atoms with Gasteiger partial charge >= 0.3 is 0 Å². The van der Waals surface area contributed by atoms with Gasteiger partial charge in [-0.05, 0) is 45.8 Å². The summed E-state index contributed by atoms with van der Waals surface area (Å²) in [5.41, 5.74) is 7.35. The molecule has 0 saturated carbocycles. The lowest BCUT2D eigenvalue weighted by molar-refractivity contribution is 0.590. The second kappa shape index (κ2) is 5.66. The fraction of sp³-hybridized carbons (Fsp3) is 0.200. The Balaban J connectivity index is 1.91. The number of nitrogen functional groups attached to an aromatic ring is 1. The van der Waals surface area contributed by atoms with Gasteiger partial charge in [-0.3, -0.25) is 0 Å². The van der Waals surface area contributed by atoms with Gasteiger partial charge in [0.25, 0.3) is 0 Å². The van der Waals surface area contributed by atoms with Gasteiger partial charge in [0.2, 0.25) is 0 Å². The Kier molecular flexibility index (Phi) is 4.03. The second-order valence-electron chi connectivity index (χ2n) is 5.02. The van der Waals surface area contributed by atoms with E-state index in [4.69, 9.17) is 5.73 Å². The Morgan fingerprint density at radius 1 is 1.24 bits per heavy atom. The summed E-state index contributed by atoms with van der Waals surface area (Å²) in [5.74, 6) is 0.977. The molecule has 0 saturated heterocycles. The van der Waals surface area contributed by atoms with Crippen molar-refractivity contribution in [2.75, 3.05) is 17.2 Å². The molecule has 1 unspecified atom stereocenters. The first kappa shape index (κ1) is 14.9. The van der Waals surface area contributed by atoms with Crippen LogP contribution in [0.5, 0.6) is 0 Å². The van der Waals surface area contributed by atoms with Crippen molar-refractivity contribution in [3.8, 4) is 0 Å². The van der Waals surface area contributed by atoms with Crippen molar-refractivity contribution in [2.45, 2.75) is 15.7 Å². The minimum absolute atomic E-state index is 0.0423. The maximum Gasteiger partial charge on any atom is 0.180 e. The molecule has 0 spiro atoms. The molecule has 2 N–H and O–H groups in total. The zero-order chi connectivity index (χ0) is 15.0. The molecule has 0 aromatic heterocycles. The highest BCUT2D eigenvalue weighted by Crippen LogP contribution is 2.41. The third-order valence-electron chi connectivity index (χ3n) is 3.51. The minimum atomic E-state index is -3.35. The van der Waals surface area contributed by atoms with Gasteiger partial charge in [-0.15, -0.1) is 11.8 Å². The molecule has 0 bridgehead atoms. The molecule has 0 fully saturated rings. The summed E-state index contributed by atoms with van der Waals surface area (Å²) in [6.45, 7) is 0. The molecule has 3 rings (SSSR count). The summed E-state index contributed by atoms with van der Waals surface area (Å²) in [4.78, 5) is 1.50. The number of hydrogen-bond donors (Lipinski definition) is 1. The van der Waals surface area contributed by atoms with E-state index in [2.05, 4.69) is 15.9 Å². The number of sulfone groups is 1. The van der Waals surface area contributed by atoms with Crippen molar-refractivity contribution in [1.29, 1.82) is 0 Å². The highest BCUT2D eigenvalue weighted by atomic mass is 79.9. The highest BCUT2D eigenvalue weighted by molar-refractivity contribution is 9.10. The van der Waals surface area contributed by atoms with Gasteiger partial charge in [-0.1, -0.05) is 18.2 Å². The second-order valence-corrected chi connectivity index (χ2v) is 8.94. The van der Waals surface area contributed by atoms with E-state index in [9.17, 15) is 8.42 Å². The van der Waals surface area contributed by atoms with Crippen molar-refractivity contribution < 1.29 is 8.42 Å². The van der Waals surface area contributed by atoms with E-state index in [0.29, 0.717) is 15.1 Å². The first-order chi connectivity index (χ1) is 9.97. The third-order valence-corrected chi connectivity index (χ3v) is 7.55. The molecule has 1 aliphatic rings. The molecular weight excluding hydrogens is 370 g/mol. The van der Waals surface area contributed by atoms with Crippen molar-refractivity contribution in [2.24, 2.45) is 0 Å². The lowest BCUT2D eigenvalue weighted by Crippen LogP contribution is -2.15. The number of thioether (sulfide) groups is 1. The fourth-order valence-corrected chi connectivity index (χ4v) is 6.67. The predicted molar refractivity (Wildman–Crippen MR) is 90.5 cm³/mol. The highest BCUT2D eigenvalue weighted by Gasteiger charge is 2.29. The molecule has 3 nitrogen and oxygen atoms in total. The summed E-state index contributed by atoms with van der Waals surface area (Å²) < 4.78 is 25.8. The first-order valence-corrected chi connectivity index (χ1v) is 9.90. The zero-order valence-corrected chi connectivity index (χ0v) is 14.3. The maximum absolute atomic E-state index is 12.7. The summed E-state index contributed by atoms with van der Waals surface area (Å²) >= 11 is 5.02. The SMILES string of the molecule is Nc1ccc(S(=O)(=O)CC2CSc3ccccc32)c(Br)c1. The van der Waals surface area contributed by atoms with Gasteiger partial charge in [0.05, 0.1) is 10.6 Å². The van der Waals surface area contributed by atoms with E-state index < -0.39 is 9.84 Å². The van der Waals surface area contributed by atoms with Crippen LogP contribution in [0.2, 0.25) is 0 Å². The normalized spacial score (nSPS) is 17.7. The van der Waals surface area contributed by atoms with Gasteiger partial charge in [-0.2, -0.15) is 0 Å². The van der Waals surface area contributed by atoms with Crippen LogP contribution in [-0.4, -0.2) is 19.9 Å². The van der Waals surface area contributed by atoms with E-state index in [-0.39, 0.29) is 11.7 Å². The molecule has 1 heterocycles. The Morgan fingerprint density at radius 3 is 2.76 bits per heavy atom. The summed E-state index contributed by atoms with van der Waals surface area (Å²) in [5, 5.41) is 0. The summed E-state index contributed by atoms with van der Waals surface area (Å²) in [6.07, 6.45) is 0. The fourth-order valence-electron chi connectivity index (χ4n) is 2.49. The number of benzene rings is 2. The zero-order valence-electron chi connectivity index (χ0n) is 11.1. The molecule has 0 amide bonds. The number of nitrogens with two attached hydrogens (primary N) is 1. The molecule has 6 heteroatoms. The molecular formula is C15H14BrNO2S2. The van der Waals surface area contributed by atoms with Crippen LogP contribution < -0.4 is 5.73 Å². The first-order valence-electron chi connectivity index (χ1n) is 6.47. The molecule has 1 aliphatic heterocycles. The van der Waals surface area contributed by atoms with Crippen molar-refractivity contribution in [3.63, 3.8) is 0 Å². The van der Waals surface area contributed by atoms with Crippen molar-refractivity contribution in [1.82, 2.24) is 0 Å². The predicted octanol–water partition coefficient (Wildman–Crippen LogP) is 3.69. The monoisotopic (exact) mass is 383 g/mol. The molecule has 1 atom stereocenters. The Hall–Kier alpha value is -0.980. The molecule has 0 radical (unpaired) electrons. The van der Waals surface area contributed by atoms with Gasteiger partial charge in [0.15, 0.2) is 9.84 Å². The van der Waals surface area contributed by atoms with Crippen LogP contribution in [-0.2, 0) is 9.84 Å². The van der Waals surface area contributed by atoms with Crippen LogP contribution in [0.15, 0.2) is 56.7 Å². The van der Waals surface area contributed by atoms with E-state index in [1.807, 2.05) is 24.3 Å². The van der Waals surface area contributed by atoms with Crippen LogP contribution in [0, 0.1) is 0 Å². The molecule has 110 valence electrons. The standard InChI is InChI=1S/C15H14BrNO2S2/c16-13-7-11(17)5-6-15(13)21(18,19)9-10-8-20-14-4-2-1-3-12(10)14/h1-7,10H,8-9,17H2. The lowest BCUT2D eigenvalue weighted by Gasteiger charge is -2.13. The third kappa shape index (κ3) is 2.98. The number of rotatable bonds is 3. The van der Waals surface area contributed by atoms with E-state index in [1.165, 1.54) is 4.90 Å². The van der Waals surface area contributed by atoms with Crippen LogP contribution >= 0.6 is 27.7 Å². The number of halogens is 1. The van der Waals surface area contributed by atoms with E-state index in [1.54, 1.807) is 30.0 Å². The smallest absolute Gasteiger partial charge is 0.180 e. The average Bonchev–Trinajstić information content (AvgIpc) is 2.81. The van der Waals surface area contributed by atoms with E-state index >= 15 is 0 Å². The van der Waals surface area contributed by atoms with Gasteiger partial charge in [0.1, 0.15) is 0 Å². The van der Waals surface area contributed by atoms with Crippen molar-refractivity contribution in [3.05, 3.63) is 52.5 Å². The molecule has 2 aromatic carbocycles. The van der Waals surface area contributed by atoms with Gasteiger partial charge in [0, 0.05) is 26.7 Å². The van der Waals surface area contributed by atoms with E-state index in [0.717, 1.165) is 11.3 Å². The Morgan fingerprint density at radius 2 is 2.00 bits per heavy atom. The summed E-state index contributed by atoms with van der Waals surface area (Å²) in [6, 6.07) is 12.8. The Labute approximate surface area is 137 Å².